The van der Waals surface area contributed by atoms with Crippen LogP contribution < -0.4 is 10.2 Å². The molecular formula is C20H32N3O3S+. The molecule has 27 heavy (non-hydrogen) atoms. The predicted molar refractivity (Wildman–Crippen MR) is 105 cm³/mol. The molecule has 0 aromatic heterocycles. The number of rotatable bonds is 5. The van der Waals surface area contributed by atoms with Crippen LogP contribution in [0.4, 0.5) is 0 Å². The van der Waals surface area contributed by atoms with Gasteiger partial charge in [0.1, 0.15) is 0 Å². The van der Waals surface area contributed by atoms with Crippen molar-refractivity contribution in [3.8, 4) is 0 Å². The molecule has 2 fully saturated rings. The van der Waals surface area contributed by atoms with Crippen LogP contribution in [0.25, 0.3) is 0 Å². The number of sulfonamides is 1. The van der Waals surface area contributed by atoms with Crippen LogP contribution in [0.2, 0.25) is 0 Å². The average molecular weight is 395 g/mol. The molecule has 1 aromatic carbocycles. The Morgan fingerprint density at radius 2 is 1.78 bits per heavy atom. The van der Waals surface area contributed by atoms with E-state index in [0.29, 0.717) is 37.0 Å². The molecule has 1 saturated heterocycles. The van der Waals surface area contributed by atoms with Gasteiger partial charge < -0.3 is 10.2 Å². The molecule has 3 rings (SSSR count). The second kappa shape index (κ2) is 8.71. The van der Waals surface area contributed by atoms with Crippen LogP contribution in [-0.4, -0.2) is 56.9 Å². The quantitative estimate of drug-likeness (QED) is 0.771. The van der Waals surface area contributed by atoms with Crippen molar-refractivity contribution in [3.63, 3.8) is 0 Å². The first-order valence-corrected chi connectivity index (χ1v) is 11.5. The van der Waals surface area contributed by atoms with Crippen LogP contribution in [0.5, 0.6) is 0 Å². The number of quaternary nitrogens is 1. The Kier molecular flexibility index (Phi) is 6.55. The van der Waals surface area contributed by atoms with Gasteiger partial charge in [-0.15, -0.1) is 0 Å². The van der Waals surface area contributed by atoms with E-state index in [-0.39, 0.29) is 18.0 Å². The number of nitrogens with zero attached hydrogens (tertiary/aromatic N) is 1. The Balaban J connectivity index is 1.54. The molecule has 0 unspecified atom stereocenters. The monoisotopic (exact) mass is 394 g/mol. The predicted octanol–water partition coefficient (Wildman–Crippen LogP) is 0.659. The van der Waals surface area contributed by atoms with Crippen molar-refractivity contribution >= 4 is 15.9 Å². The Bertz CT molecular complexity index is 730. The minimum Gasteiger partial charge on any atom is -0.348 e. The van der Waals surface area contributed by atoms with Crippen LogP contribution in [0.1, 0.15) is 39.5 Å². The Hall–Kier alpha value is -1.44. The minimum absolute atomic E-state index is 0.100. The lowest BCUT2D eigenvalue weighted by atomic mass is 9.86. The van der Waals surface area contributed by atoms with Crippen molar-refractivity contribution in [2.24, 2.45) is 5.92 Å². The molecule has 150 valence electrons. The molecule has 2 aliphatic rings. The van der Waals surface area contributed by atoms with Gasteiger partial charge in [0.2, 0.25) is 10.0 Å². The highest BCUT2D eigenvalue weighted by molar-refractivity contribution is 7.89. The summed E-state index contributed by atoms with van der Waals surface area (Å²) in [7, 11) is -3.44. The molecular weight excluding hydrogens is 362 g/mol. The van der Waals surface area contributed by atoms with Crippen molar-refractivity contribution in [1.82, 2.24) is 9.62 Å². The first-order valence-electron chi connectivity index (χ1n) is 10.1. The Labute approximate surface area is 163 Å². The Morgan fingerprint density at radius 3 is 2.41 bits per heavy atom. The van der Waals surface area contributed by atoms with Gasteiger partial charge in [-0.3, -0.25) is 4.79 Å². The van der Waals surface area contributed by atoms with Gasteiger partial charge in [-0.1, -0.05) is 38.0 Å². The van der Waals surface area contributed by atoms with E-state index < -0.39 is 10.0 Å². The van der Waals surface area contributed by atoms with E-state index in [9.17, 15) is 13.2 Å². The van der Waals surface area contributed by atoms with Crippen molar-refractivity contribution < 1.29 is 18.1 Å². The number of carbonyl (C=O) groups is 1. The molecule has 1 amide bonds. The third kappa shape index (κ3) is 4.70. The normalized spacial score (nSPS) is 26.4. The standard InChI is InChI=1S/C20H31N3O3S/c1-16-8-6-7-11-19(16)21-20(24)17(2)22-12-14-23(15-13-22)27(25,26)18-9-4-3-5-10-18/h3-5,9-10,16-17,19H,6-8,11-15H2,1-2H3,(H,21,24)/p+1/t16-,17+,19-/m0/s1. The summed E-state index contributed by atoms with van der Waals surface area (Å²) in [5, 5.41) is 3.24. The fourth-order valence-corrected chi connectivity index (χ4v) is 5.67. The maximum Gasteiger partial charge on any atom is 0.278 e. The van der Waals surface area contributed by atoms with Crippen LogP contribution in [0.3, 0.4) is 0 Å². The smallest absolute Gasteiger partial charge is 0.278 e. The summed E-state index contributed by atoms with van der Waals surface area (Å²) in [5.41, 5.74) is 0. The molecule has 1 aromatic rings. The number of carbonyl (C=O) groups excluding carboxylic acids is 1. The summed E-state index contributed by atoms with van der Waals surface area (Å²) in [6.45, 7) is 6.38. The summed E-state index contributed by atoms with van der Waals surface area (Å²) in [6, 6.07) is 8.70. The summed E-state index contributed by atoms with van der Waals surface area (Å²) in [4.78, 5) is 14.2. The van der Waals surface area contributed by atoms with E-state index in [1.807, 2.05) is 13.0 Å². The van der Waals surface area contributed by atoms with Crippen molar-refractivity contribution in [1.29, 1.82) is 0 Å². The largest absolute Gasteiger partial charge is 0.348 e. The lowest BCUT2D eigenvalue weighted by Crippen LogP contribution is -3.19. The number of hydrogen-bond donors (Lipinski definition) is 2. The Morgan fingerprint density at radius 1 is 1.15 bits per heavy atom. The molecule has 1 aliphatic carbocycles. The summed E-state index contributed by atoms with van der Waals surface area (Å²) < 4.78 is 27.0. The molecule has 0 bridgehead atoms. The summed E-state index contributed by atoms with van der Waals surface area (Å²) in [6.07, 6.45) is 4.69. The van der Waals surface area contributed by atoms with Gasteiger partial charge in [-0.25, -0.2) is 8.42 Å². The number of hydrogen-bond acceptors (Lipinski definition) is 3. The highest BCUT2D eigenvalue weighted by Gasteiger charge is 2.35. The number of benzene rings is 1. The summed E-state index contributed by atoms with van der Waals surface area (Å²) >= 11 is 0. The molecule has 2 N–H and O–H groups in total. The van der Waals surface area contributed by atoms with Gasteiger partial charge >= 0.3 is 0 Å². The second-order valence-electron chi connectivity index (χ2n) is 7.97. The zero-order valence-corrected chi connectivity index (χ0v) is 17.2. The molecule has 7 heteroatoms. The van der Waals surface area contributed by atoms with Crippen LogP contribution in [0.15, 0.2) is 35.2 Å². The highest BCUT2D eigenvalue weighted by Crippen LogP contribution is 2.23. The number of nitrogens with one attached hydrogen (secondary N) is 2. The highest BCUT2D eigenvalue weighted by atomic mass is 32.2. The molecule has 1 heterocycles. The lowest BCUT2D eigenvalue weighted by molar-refractivity contribution is -0.917. The van der Waals surface area contributed by atoms with Crippen LogP contribution in [-0.2, 0) is 14.8 Å². The summed E-state index contributed by atoms with van der Waals surface area (Å²) in [5.74, 6) is 0.640. The number of amides is 1. The van der Waals surface area contributed by atoms with E-state index in [4.69, 9.17) is 0 Å². The third-order valence-electron chi connectivity index (χ3n) is 6.19. The van der Waals surface area contributed by atoms with Gasteiger partial charge in [0.05, 0.1) is 31.1 Å². The van der Waals surface area contributed by atoms with E-state index in [2.05, 4.69) is 12.2 Å². The van der Waals surface area contributed by atoms with Crippen LogP contribution >= 0.6 is 0 Å². The van der Waals surface area contributed by atoms with E-state index >= 15 is 0 Å². The van der Waals surface area contributed by atoms with Gasteiger partial charge in [0, 0.05) is 6.04 Å². The minimum atomic E-state index is -3.44. The number of piperazine rings is 1. The van der Waals surface area contributed by atoms with E-state index in [0.717, 1.165) is 11.3 Å². The zero-order valence-electron chi connectivity index (χ0n) is 16.4. The van der Waals surface area contributed by atoms with Gasteiger partial charge in [0.25, 0.3) is 5.91 Å². The SMILES string of the molecule is C[C@H](C(=O)N[C@H]1CCCC[C@@H]1C)[NH+]1CCN(S(=O)(=O)c2ccccc2)CC1. The van der Waals surface area contributed by atoms with Crippen LogP contribution in [0, 0.1) is 5.92 Å². The lowest BCUT2D eigenvalue weighted by Gasteiger charge is -2.35. The van der Waals surface area contributed by atoms with Crippen molar-refractivity contribution in [2.45, 2.75) is 56.5 Å². The molecule has 0 radical (unpaired) electrons. The first-order chi connectivity index (χ1) is 12.9. The fraction of sp³-hybridized carbons (Fsp3) is 0.650. The zero-order chi connectivity index (χ0) is 19.4. The average Bonchev–Trinajstić information content (AvgIpc) is 2.70. The fourth-order valence-electron chi connectivity index (χ4n) is 4.21. The van der Waals surface area contributed by atoms with Gasteiger partial charge in [0.15, 0.2) is 6.04 Å². The second-order valence-corrected chi connectivity index (χ2v) is 9.91. The topological polar surface area (TPSA) is 70.9 Å². The third-order valence-corrected chi connectivity index (χ3v) is 8.10. The van der Waals surface area contributed by atoms with Gasteiger partial charge in [-0.2, -0.15) is 4.31 Å². The molecule has 1 aliphatic heterocycles. The maximum absolute atomic E-state index is 12.7. The molecule has 3 atom stereocenters. The van der Waals surface area contributed by atoms with Gasteiger partial charge in [-0.05, 0) is 37.8 Å². The molecule has 0 spiro atoms. The maximum atomic E-state index is 12.7. The molecule has 1 saturated carbocycles. The van der Waals surface area contributed by atoms with E-state index in [1.54, 1.807) is 28.6 Å². The van der Waals surface area contributed by atoms with E-state index in [1.165, 1.54) is 19.3 Å². The van der Waals surface area contributed by atoms with Crippen molar-refractivity contribution in [2.75, 3.05) is 26.2 Å². The first kappa shape index (κ1) is 20.3. The molecule has 6 nitrogen and oxygen atoms in total. The van der Waals surface area contributed by atoms with Crippen molar-refractivity contribution in [3.05, 3.63) is 30.3 Å².